The Morgan fingerprint density at radius 1 is 0.851 bits per heavy atom. The summed E-state index contributed by atoms with van der Waals surface area (Å²) < 4.78 is 20.3. The number of aryl methyl sites for hydroxylation is 3. The van der Waals surface area contributed by atoms with Gasteiger partial charge in [0.15, 0.2) is 0 Å². The van der Waals surface area contributed by atoms with E-state index >= 15 is 0 Å². The van der Waals surface area contributed by atoms with Gasteiger partial charge in [0, 0.05) is 42.8 Å². The lowest BCUT2D eigenvalue weighted by atomic mass is 9.80. The first-order valence-corrected chi connectivity index (χ1v) is 22.6. The Bertz CT molecular complexity index is 3020. The average Bonchev–Trinajstić information content (AvgIpc) is 3.85. The van der Waals surface area contributed by atoms with Crippen molar-refractivity contribution >= 4 is 51.6 Å². The highest BCUT2D eigenvalue weighted by Crippen LogP contribution is 2.42. The lowest BCUT2D eigenvalue weighted by Crippen LogP contribution is -2.35. The molecule has 1 aliphatic rings. The normalized spacial score (nSPS) is 13.6. The highest BCUT2D eigenvalue weighted by molar-refractivity contribution is 6.31. The number of carbonyl (C=O) groups is 3. The van der Waals surface area contributed by atoms with Gasteiger partial charge in [-0.1, -0.05) is 91.3 Å². The molecule has 5 aromatic carbocycles. The van der Waals surface area contributed by atoms with E-state index in [1.807, 2.05) is 42.5 Å². The highest BCUT2D eigenvalue weighted by Gasteiger charge is 2.39. The maximum Gasteiger partial charge on any atom is 0.336 e. The fourth-order valence-corrected chi connectivity index (χ4v) is 8.82. The van der Waals surface area contributed by atoms with Crippen LogP contribution < -0.4 is 11.1 Å². The number of fused-ring (bicyclic) bond motifs is 2. The second-order valence-corrected chi connectivity index (χ2v) is 16.5. The number of aromatic nitrogens is 4. The molecule has 4 N–H and O–H groups in total. The van der Waals surface area contributed by atoms with Gasteiger partial charge in [0.1, 0.15) is 11.6 Å². The van der Waals surface area contributed by atoms with Crippen molar-refractivity contribution in [3.63, 3.8) is 0 Å². The maximum absolute atomic E-state index is 12.9. The lowest BCUT2D eigenvalue weighted by Gasteiger charge is -2.31. The number of imidazole rings is 2. The van der Waals surface area contributed by atoms with Crippen LogP contribution in [-0.4, -0.2) is 75.6 Å². The summed E-state index contributed by atoms with van der Waals surface area (Å²) in [5.74, 6) is -0.780. The summed E-state index contributed by atoms with van der Waals surface area (Å²) in [6.07, 6.45) is 1.89. The zero-order valence-electron chi connectivity index (χ0n) is 38.6. The molecule has 7 aromatic rings. The number of benzene rings is 5. The summed E-state index contributed by atoms with van der Waals surface area (Å²) in [5, 5.41) is 13.1. The SMILES string of the molecule is CCCc1nc2c(C)cc(-c3nc4ccccc4n3C)cc2n1Cc1ccc(-c2ccccc2C(=O)O)cc1.CCOC(=O)C1=C(COCCN)NC(C)=C(C(=O)OC)C1c1ccccc1Cl. The molecule has 0 fully saturated rings. The fourth-order valence-electron chi connectivity index (χ4n) is 8.58. The minimum Gasteiger partial charge on any atom is -0.478 e. The topological polar surface area (TPSA) is 173 Å². The molecular formula is C53H55ClN6O7. The van der Waals surface area contributed by atoms with Gasteiger partial charge >= 0.3 is 17.9 Å². The van der Waals surface area contributed by atoms with Crippen LogP contribution in [0.5, 0.6) is 0 Å². The molecule has 8 rings (SSSR count). The van der Waals surface area contributed by atoms with Gasteiger partial charge in [0.25, 0.3) is 0 Å². The van der Waals surface area contributed by atoms with Gasteiger partial charge in [0.2, 0.25) is 0 Å². The number of halogens is 1. The molecule has 3 heterocycles. The molecule has 0 saturated carbocycles. The lowest BCUT2D eigenvalue weighted by molar-refractivity contribution is -0.139. The van der Waals surface area contributed by atoms with Crippen LogP contribution in [0, 0.1) is 6.92 Å². The maximum atomic E-state index is 12.9. The molecule has 13 nitrogen and oxygen atoms in total. The zero-order valence-corrected chi connectivity index (χ0v) is 39.3. The molecule has 1 aliphatic heterocycles. The number of ether oxygens (including phenoxy) is 3. The predicted octanol–water partition coefficient (Wildman–Crippen LogP) is 9.53. The average molecular weight is 924 g/mol. The van der Waals surface area contributed by atoms with Gasteiger partial charge in [-0.25, -0.2) is 24.4 Å². The second-order valence-electron chi connectivity index (χ2n) is 16.1. The monoisotopic (exact) mass is 922 g/mol. The van der Waals surface area contributed by atoms with Crippen LogP contribution in [0.15, 0.2) is 132 Å². The van der Waals surface area contributed by atoms with E-state index in [4.69, 9.17) is 41.5 Å². The third-order valence-electron chi connectivity index (χ3n) is 11.7. The highest BCUT2D eigenvalue weighted by atomic mass is 35.5. The van der Waals surface area contributed by atoms with E-state index in [1.54, 1.807) is 50.2 Å². The molecule has 0 bridgehead atoms. The van der Waals surface area contributed by atoms with Crippen molar-refractivity contribution in [1.29, 1.82) is 0 Å². The molecular weight excluding hydrogens is 868 g/mol. The van der Waals surface area contributed by atoms with Crippen molar-refractivity contribution in [3.05, 3.63) is 165 Å². The Labute approximate surface area is 394 Å². The van der Waals surface area contributed by atoms with E-state index in [1.165, 1.54) is 7.11 Å². The molecule has 0 amide bonds. The molecule has 0 saturated heterocycles. The number of allylic oxidation sites excluding steroid dienone is 1. The van der Waals surface area contributed by atoms with E-state index in [9.17, 15) is 19.5 Å². The number of carbonyl (C=O) groups excluding carboxylic acids is 2. The van der Waals surface area contributed by atoms with Crippen LogP contribution in [0.25, 0.3) is 44.6 Å². The van der Waals surface area contributed by atoms with E-state index in [0.717, 1.165) is 74.4 Å². The quantitative estimate of drug-likeness (QED) is 0.0661. The number of carboxylic acids is 1. The Kier molecular flexibility index (Phi) is 15.4. The number of nitrogens with one attached hydrogen (secondary N) is 1. The number of carboxylic acid groups (broad SMARTS) is 1. The predicted molar refractivity (Wildman–Crippen MR) is 262 cm³/mol. The number of methoxy groups -OCH3 is 1. The third kappa shape index (κ3) is 10.2. The van der Waals surface area contributed by atoms with E-state index < -0.39 is 23.8 Å². The van der Waals surface area contributed by atoms with E-state index in [-0.39, 0.29) is 18.8 Å². The van der Waals surface area contributed by atoms with Crippen LogP contribution in [0.2, 0.25) is 5.02 Å². The molecule has 2 aromatic heterocycles. The number of dihydropyridines is 1. The van der Waals surface area contributed by atoms with Crippen LogP contribution in [-0.2, 0) is 43.8 Å². The summed E-state index contributed by atoms with van der Waals surface area (Å²) in [7, 11) is 3.36. The smallest absolute Gasteiger partial charge is 0.336 e. The third-order valence-corrected chi connectivity index (χ3v) is 12.0. The van der Waals surface area contributed by atoms with Gasteiger partial charge in [-0.3, -0.25) is 0 Å². The Hall–Kier alpha value is -7.06. The number of aromatic carboxylic acids is 1. The van der Waals surface area contributed by atoms with Crippen molar-refractivity contribution in [2.45, 2.75) is 53.0 Å². The molecule has 1 atom stereocenters. The molecule has 14 heteroatoms. The molecule has 346 valence electrons. The van der Waals surface area contributed by atoms with Crippen molar-refractivity contribution in [3.8, 4) is 22.5 Å². The van der Waals surface area contributed by atoms with E-state index in [0.29, 0.717) is 52.8 Å². The van der Waals surface area contributed by atoms with Crippen molar-refractivity contribution in [2.24, 2.45) is 12.8 Å². The molecule has 0 spiro atoms. The molecule has 0 aliphatic carbocycles. The van der Waals surface area contributed by atoms with Gasteiger partial charge in [-0.2, -0.15) is 0 Å². The van der Waals surface area contributed by atoms with Gasteiger partial charge in [-0.15, -0.1) is 0 Å². The largest absolute Gasteiger partial charge is 0.478 e. The number of rotatable bonds is 15. The second kappa shape index (κ2) is 21.5. The Morgan fingerprint density at radius 3 is 2.25 bits per heavy atom. The summed E-state index contributed by atoms with van der Waals surface area (Å²) in [4.78, 5) is 47.2. The van der Waals surface area contributed by atoms with Crippen LogP contribution in [0.4, 0.5) is 0 Å². The minimum absolute atomic E-state index is 0.109. The van der Waals surface area contributed by atoms with Gasteiger partial charge in [0.05, 0.1) is 77.3 Å². The molecule has 67 heavy (non-hydrogen) atoms. The number of hydrogen-bond acceptors (Lipinski definition) is 10. The van der Waals surface area contributed by atoms with Crippen molar-refractivity contribution < 1.29 is 33.7 Å². The van der Waals surface area contributed by atoms with Crippen LogP contribution in [0.3, 0.4) is 0 Å². The first-order chi connectivity index (χ1) is 32.4. The number of esters is 2. The number of para-hydroxylation sites is 2. The van der Waals surface area contributed by atoms with Gasteiger partial charge in [-0.05, 0) is 91.4 Å². The summed E-state index contributed by atoms with van der Waals surface area (Å²) in [6.45, 7) is 9.39. The first-order valence-electron chi connectivity index (χ1n) is 22.2. The summed E-state index contributed by atoms with van der Waals surface area (Å²) in [6, 6.07) is 34.9. The number of nitrogens with two attached hydrogens (primary N) is 1. The first kappa shape index (κ1) is 47.9. The number of nitrogens with zero attached hydrogens (tertiary/aromatic N) is 4. The van der Waals surface area contributed by atoms with Crippen LogP contribution in [0.1, 0.15) is 66.0 Å². The molecule has 0 radical (unpaired) electrons. The van der Waals surface area contributed by atoms with Gasteiger partial charge < -0.3 is 39.5 Å². The van der Waals surface area contributed by atoms with Crippen molar-refractivity contribution in [1.82, 2.24) is 24.4 Å². The molecule has 1 unspecified atom stereocenters. The zero-order chi connectivity index (χ0) is 47.8. The van der Waals surface area contributed by atoms with Crippen LogP contribution >= 0.6 is 11.6 Å². The fraction of sp³-hybridized carbons (Fsp3) is 0.264. The van der Waals surface area contributed by atoms with E-state index in [2.05, 4.69) is 65.7 Å². The Morgan fingerprint density at radius 2 is 1.57 bits per heavy atom. The minimum atomic E-state index is -0.921. The summed E-state index contributed by atoms with van der Waals surface area (Å²) >= 11 is 6.42. The number of hydrogen-bond donors (Lipinski definition) is 3. The van der Waals surface area contributed by atoms with Crippen molar-refractivity contribution in [2.75, 3.05) is 33.5 Å². The standard InChI is InChI=1S/C33H30N4O2.C20H25ClN2O5/c1-4-9-30-35-31-21(2)18-24(32-34-27-12-7-8-13-28(27)36(32)3)19-29(31)37(30)20-22-14-16-23(17-15-22)25-10-5-6-11-26(25)33(38)39;1-4-28-20(25)18-15(11-27-10-9-22)23-12(2)16(19(24)26-3)17(18)13-7-5-6-8-14(13)21/h5-8,10-19H,4,9,20H2,1-3H3,(H,38,39);5-8,17,23H,4,9-11,22H2,1-3H3. The summed E-state index contributed by atoms with van der Waals surface area (Å²) in [5.41, 5.74) is 17.2. The Balaban J connectivity index is 0.000000211.